The summed E-state index contributed by atoms with van der Waals surface area (Å²) in [7, 11) is 0. The zero-order valence-electron chi connectivity index (χ0n) is 39.8. The molecule has 63 heavy (non-hydrogen) atoms. The van der Waals surface area contributed by atoms with Crippen molar-refractivity contribution in [2.45, 2.75) is 182 Å². The molecule has 0 aromatic carbocycles. The Balaban J connectivity index is 6.48. The first-order chi connectivity index (χ1) is 29.4. The molecule has 0 aliphatic rings. The third-order valence-electron chi connectivity index (χ3n) is 10.0. The number of amides is 7. The molecule has 19 nitrogen and oxygen atoms in total. The van der Waals surface area contributed by atoms with Gasteiger partial charge in [0.25, 0.3) is 0 Å². The standard InChI is InChI=1S/C44H84N10O9/c1-25(2)19-32(48-37(55)24-47)39(57)51-34(21-27(5)6)41(59)53-36(23-29(9)10)43(61)54-35(22-28(7)8)42(60)52-33(20-26(3)4)40(58)49-30(15-11-13-17-45)38(56)50-31(44(62)63)16-12-14-18-46/h25-36H,11-24,45-47H2,1-10H3,(H,48,55)(H,49,58)(H,50,56)(H,51,57)(H,52,60)(H,53,59)(H,54,61)(H,62,63)/t30-,31-,32-,33-,34-,35-,36-/m0/s1. The summed E-state index contributed by atoms with van der Waals surface area (Å²) in [6.07, 6.45) is 3.49. The van der Waals surface area contributed by atoms with Crippen molar-refractivity contribution in [1.29, 1.82) is 0 Å². The van der Waals surface area contributed by atoms with Crippen LogP contribution in [0.1, 0.15) is 140 Å². The molecule has 364 valence electrons. The number of unbranched alkanes of at least 4 members (excludes halogenated alkanes) is 2. The highest BCUT2D eigenvalue weighted by Crippen LogP contribution is 2.14. The van der Waals surface area contributed by atoms with Crippen LogP contribution in [0.2, 0.25) is 0 Å². The molecule has 0 fully saturated rings. The lowest BCUT2D eigenvalue weighted by molar-refractivity contribution is -0.142. The van der Waals surface area contributed by atoms with Gasteiger partial charge in [0.2, 0.25) is 41.4 Å². The van der Waals surface area contributed by atoms with Crippen molar-refractivity contribution in [3.05, 3.63) is 0 Å². The van der Waals surface area contributed by atoms with Gasteiger partial charge < -0.3 is 59.5 Å². The molecule has 7 amide bonds. The SMILES string of the molecule is CC(C)C[C@H](NC(=O)CN)C(=O)N[C@@H](CC(C)C)C(=O)N[C@@H](CC(C)C)C(=O)N[C@@H](CC(C)C)C(=O)N[C@@H](CC(C)C)C(=O)N[C@@H](CCCCN)C(=O)N[C@@H](CCCCN)C(=O)O. The Labute approximate surface area is 375 Å². The van der Waals surface area contributed by atoms with Crippen LogP contribution in [-0.4, -0.2) is 114 Å². The fourth-order valence-corrected chi connectivity index (χ4v) is 6.91. The van der Waals surface area contributed by atoms with Crippen LogP contribution in [0.25, 0.3) is 0 Å². The van der Waals surface area contributed by atoms with E-state index in [0.29, 0.717) is 45.2 Å². The lowest BCUT2D eigenvalue weighted by Crippen LogP contribution is -2.60. The minimum Gasteiger partial charge on any atom is -0.480 e. The fraction of sp³-hybridized carbons (Fsp3) is 0.818. The van der Waals surface area contributed by atoms with Gasteiger partial charge in [-0.15, -0.1) is 0 Å². The van der Waals surface area contributed by atoms with Crippen LogP contribution >= 0.6 is 0 Å². The van der Waals surface area contributed by atoms with Crippen LogP contribution in [0.3, 0.4) is 0 Å². The largest absolute Gasteiger partial charge is 0.480 e. The molecule has 0 aromatic rings. The second-order valence-corrected chi connectivity index (χ2v) is 18.7. The lowest BCUT2D eigenvalue weighted by Gasteiger charge is -2.29. The van der Waals surface area contributed by atoms with Crippen LogP contribution in [0.4, 0.5) is 0 Å². The van der Waals surface area contributed by atoms with Crippen LogP contribution in [-0.2, 0) is 38.4 Å². The summed E-state index contributed by atoms with van der Waals surface area (Å²) in [5.41, 5.74) is 16.7. The minimum absolute atomic E-state index is 0.0338. The van der Waals surface area contributed by atoms with E-state index < -0.39 is 89.6 Å². The summed E-state index contributed by atoms with van der Waals surface area (Å²) in [5, 5.41) is 28.8. The van der Waals surface area contributed by atoms with Crippen molar-refractivity contribution in [3.8, 4) is 0 Å². The van der Waals surface area contributed by atoms with Gasteiger partial charge in [0.15, 0.2) is 0 Å². The van der Waals surface area contributed by atoms with Crippen LogP contribution in [0.5, 0.6) is 0 Å². The van der Waals surface area contributed by atoms with E-state index in [2.05, 4.69) is 37.2 Å². The van der Waals surface area contributed by atoms with Gasteiger partial charge in [-0.05, 0) is 113 Å². The van der Waals surface area contributed by atoms with Gasteiger partial charge in [-0.25, -0.2) is 4.79 Å². The highest BCUT2D eigenvalue weighted by molar-refractivity contribution is 5.97. The number of nitrogens with one attached hydrogen (secondary N) is 7. The van der Waals surface area contributed by atoms with Gasteiger partial charge in [0, 0.05) is 0 Å². The van der Waals surface area contributed by atoms with Crippen molar-refractivity contribution >= 4 is 47.3 Å². The second-order valence-electron chi connectivity index (χ2n) is 18.7. The quantitative estimate of drug-likeness (QED) is 0.0410. The number of hydrogen-bond donors (Lipinski definition) is 11. The monoisotopic (exact) mass is 897 g/mol. The molecule has 7 atom stereocenters. The van der Waals surface area contributed by atoms with Crippen molar-refractivity contribution < 1.29 is 43.5 Å². The molecule has 0 saturated carbocycles. The zero-order valence-corrected chi connectivity index (χ0v) is 39.8. The Bertz CT molecular complexity index is 1440. The Morgan fingerprint density at radius 2 is 0.603 bits per heavy atom. The number of carbonyl (C=O) groups is 8. The first kappa shape index (κ1) is 58.6. The summed E-state index contributed by atoms with van der Waals surface area (Å²) in [6.45, 7) is 19.2. The summed E-state index contributed by atoms with van der Waals surface area (Å²) < 4.78 is 0. The number of nitrogens with two attached hydrogens (primary N) is 3. The van der Waals surface area contributed by atoms with Gasteiger partial charge >= 0.3 is 5.97 Å². The van der Waals surface area contributed by atoms with Crippen molar-refractivity contribution in [2.75, 3.05) is 19.6 Å². The highest BCUT2D eigenvalue weighted by atomic mass is 16.4. The van der Waals surface area contributed by atoms with Crippen molar-refractivity contribution in [1.82, 2.24) is 37.2 Å². The molecule has 19 heteroatoms. The first-order valence-corrected chi connectivity index (χ1v) is 22.9. The van der Waals surface area contributed by atoms with Gasteiger partial charge in [-0.3, -0.25) is 33.6 Å². The van der Waals surface area contributed by atoms with E-state index in [1.54, 1.807) is 0 Å². The van der Waals surface area contributed by atoms with Crippen molar-refractivity contribution in [3.63, 3.8) is 0 Å². The molecule has 0 aliphatic heterocycles. The Kier molecular flexibility index (Phi) is 29.3. The molecular formula is C44H84N10O9. The van der Waals surface area contributed by atoms with Crippen LogP contribution < -0.4 is 54.4 Å². The molecular weight excluding hydrogens is 813 g/mol. The molecule has 0 aromatic heterocycles. The summed E-state index contributed by atoms with van der Waals surface area (Å²) in [6, 6.07) is -7.66. The van der Waals surface area contributed by atoms with E-state index in [4.69, 9.17) is 17.2 Å². The maximum atomic E-state index is 14.1. The summed E-state index contributed by atoms with van der Waals surface area (Å²) in [4.78, 5) is 107. The molecule has 0 aliphatic carbocycles. The average molecular weight is 897 g/mol. The molecule has 0 rings (SSSR count). The average Bonchev–Trinajstić information content (AvgIpc) is 3.17. The second kappa shape index (κ2) is 31.5. The Hall–Kier alpha value is -4.36. The zero-order chi connectivity index (χ0) is 48.4. The van der Waals surface area contributed by atoms with E-state index in [9.17, 15) is 43.5 Å². The maximum Gasteiger partial charge on any atom is 0.326 e. The summed E-state index contributed by atoms with van der Waals surface area (Å²) >= 11 is 0. The fourth-order valence-electron chi connectivity index (χ4n) is 6.91. The molecule has 14 N–H and O–H groups in total. The third-order valence-corrected chi connectivity index (χ3v) is 10.0. The Morgan fingerprint density at radius 3 is 0.857 bits per heavy atom. The van der Waals surface area contributed by atoms with E-state index in [0.717, 1.165) is 0 Å². The smallest absolute Gasteiger partial charge is 0.326 e. The van der Waals surface area contributed by atoms with Gasteiger partial charge in [0.05, 0.1) is 6.54 Å². The van der Waals surface area contributed by atoms with E-state index >= 15 is 0 Å². The number of carboxylic acids is 1. The van der Waals surface area contributed by atoms with Gasteiger partial charge in [-0.1, -0.05) is 69.2 Å². The first-order valence-electron chi connectivity index (χ1n) is 22.9. The van der Waals surface area contributed by atoms with E-state index in [1.165, 1.54) is 0 Å². The van der Waals surface area contributed by atoms with Gasteiger partial charge in [-0.2, -0.15) is 0 Å². The minimum atomic E-state index is -1.21. The molecule has 0 heterocycles. The Morgan fingerprint density at radius 1 is 0.365 bits per heavy atom. The molecule has 0 saturated heterocycles. The highest BCUT2D eigenvalue weighted by Gasteiger charge is 2.35. The topological polar surface area (TPSA) is 319 Å². The maximum absolute atomic E-state index is 14.1. The number of carbonyl (C=O) groups excluding carboxylic acids is 7. The number of rotatable bonds is 33. The number of hydrogen-bond acceptors (Lipinski definition) is 11. The summed E-state index contributed by atoms with van der Waals surface area (Å²) in [5.74, 6) is -5.80. The number of carboxylic acid groups (broad SMARTS) is 1. The molecule has 0 radical (unpaired) electrons. The molecule has 0 unspecified atom stereocenters. The van der Waals surface area contributed by atoms with E-state index in [1.807, 2.05) is 69.2 Å². The van der Waals surface area contributed by atoms with Crippen LogP contribution in [0.15, 0.2) is 0 Å². The molecule has 0 bridgehead atoms. The van der Waals surface area contributed by atoms with Crippen molar-refractivity contribution in [2.24, 2.45) is 46.8 Å². The number of aliphatic carboxylic acids is 1. The normalized spacial score (nSPS) is 14.9. The molecule has 0 spiro atoms. The van der Waals surface area contributed by atoms with Crippen LogP contribution in [0, 0.1) is 29.6 Å². The predicted octanol–water partition coefficient (Wildman–Crippen LogP) is 0.912. The van der Waals surface area contributed by atoms with E-state index in [-0.39, 0.29) is 74.7 Å². The predicted molar refractivity (Wildman–Crippen MR) is 243 cm³/mol. The third kappa shape index (κ3) is 25.5. The lowest BCUT2D eigenvalue weighted by atomic mass is 9.97. The van der Waals surface area contributed by atoms with Gasteiger partial charge in [0.1, 0.15) is 42.3 Å².